The second kappa shape index (κ2) is 5.50. The summed E-state index contributed by atoms with van der Waals surface area (Å²) in [5, 5.41) is 9.40. The molecule has 0 N–H and O–H groups in total. The first-order valence-electron chi connectivity index (χ1n) is 7.07. The molecule has 0 aliphatic heterocycles. The number of sulfone groups is 1. The fraction of sp³-hybridized carbons (Fsp3) is 0.500. The van der Waals surface area contributed by atoms with E-state index in [1.165, 1.54) is 12.1 Å². The van der Waals surface area contributed by atoms with Crippen LogP contribution in [-0.4, -0.2) is 30.6 Å². The standard InChI is InChI=1S/C16H18ClNO4S/c1-14(2,3)22-13(19)15(10-18)9-16(15,17)11-23(20,21)12-7-5-4-6-8-12/h4-8H,9,11H2,1-3H3/t15-,16+/m0/s1. The average Bonchev–Trinajstić information content (AvgIpc) is 3.03. The Bertz CT molecular complexity index is 764. The van der Waals surface area contributed by atoms with E-state index in [0.29, 0.717) is 0 Å². The second-order valence-electron chi connectivity index (χ2n) is 6.73. The zero-order valence-electron chi connectivity index (χ0n) is 13.2. The molecule has 1 fully saturated rings. The number of esters is 1. The third-order valence-electron chi connectivity index (χ3n) is 3.64. The number of alkyl halides is 1. The first kappa shape index (κ1) is 17.8. The minimum Gasteiger partial charge on any atom is -0.459 e. The third-order valence-corrected chi connectivity index (χ3v) is 6.26. The predicted molar refractivity (Wildman–Crippen MR) is 85.6 cm³/mol. The number of hydrogen-bond acceptors (Lipinski definition) is 5. The molecule has 0 aromatic heterocycles. The zero-order valence-corrected chi connectivity index (χ0v) is 14.7. The molecule has 0 unspecified atom stereocenters. The molecule has 5 nitrogen and oxygen atoms in total. The molecule has 1 aliphatic rings. The number of rotatable bonds is 4. The third kappa shape index (κ3) is 3.36. The van der Waals surface area contributed by atoms with E-state index >= 15 is 0 Å². The fourth-order valence-corrected chi connectivity index (χ4v) is 4.81. The number of hydrogen-bond donors (Lipinski definition) is 0. The molecule has 23 heavy (non-hydrogen) atoms. The van der Waals surface area contributed by atoms with Gasteiger partial charge in [0.15, 0.2) is 15.3 Å². The Morgan fingerprint density at radius 3 is 2.39 bits per heavy atom. The predicted octanol–water partition coefficient (Wildman–Crippen LogP) is 2.69. The van der Waals surface area contributed by atoms with Crippen LogP contribution in [-0.2, 0) is 19.4 Å². The molecule has 2 atom stereocenters. The highest BCUT2D eigenvalue weighted by Crippen LogP contribution is 2.62. The summed E-state index contributed by atoms with van der Waals surface area (Å²) >= 11 is 6.32. The lowest BCUT2D eigenvalue weighted by Gasteiger charge is -2.22. The van der Waals surface area contributed by atoms with Gasteiger partial charge in [0.1, 0.15) is 5.60 Å². The summed E-state index contributed by atoms with van der Waals surface area (Å²) in [6.45, 7) is 5.03. The summed E-state index contributed by atoms with van der Waals surface area (Å²) in [7, 11) is -3.70. The number of benzene rings is 1. The van der Waals surface area contributed by atoms with Crippen molar-refractivity contribution in [3.63, 3.8) is 0 Å². The molecule has 0 radical (unpaired) electrons. The molecule has 0 bridgehead atoms. The summed E-state index contributed by atoms with van der Waals surface area (Å²) in [6, 6.07) is 9.69. The largest absolute Gasteiger partial charge is 0.459 e. The van der Waals surface area contributed by atoms with Gasteiger partial charge in [-0.05, 0) is 32.9 Å². The Morgan fingerprint density at radius 1 is 1.35 bits per heavy atom. The van der Waals surface area contributed by atoms with Crippen molar-refractivity contribution in [2.24, 2.45) is 5.41 Å². The highest BCUT2D eigenvalue weighted by Gasteiger charge is 2.75. The van der Waals surface area contributed by atoms with Gasteiger partial charge in [-0.25, -0.2) is 8.42 Å². The summed E-state index contributed by atoms with van der Waals surface area (Å²) in [6.07, 6.45) is -0.0426. The first-order valence-corrected chi connectivity index (χ1v) is 9.10. The van der Waals surface area contributed by atoms with E-state index in [9.17, 15) is 18.5 Å². The number of carbonyl (C=O) groups excluding carboxylic acids is 1. The van der Waals surface area contributed by atoms with Gasteiger partial charge in [0.25, 0.3) is 0 Å². The normalized spacial score (nSPS) is 27.1. The van der Waals surface area contributed by atoms with Gasteiger partial charge in [0.2, 0.25) is 0 Å². The molecule has 1 aromatic rings. The van der Waals surface area contributed by atoms with Crippen molar-refractivity contribution in [1.29, 1.82) is 5.26 Å². The SMILES string of the molecule is CC(C)(C)OC(=O)[C@@]1(C#N)C[C@@]1(Cl)CS(=O)(=O)c1ccccc1. The Kier molecular flexibility index (Phi) is 4.25. The molecule has 7 heteroatoms. The van der Waals surface area contributed by atoms with Crippen molar-refractivity contribution in [2.45, 2.75) is 42.6 Å². The minimum atomic E-state index is -3.70. The maximum atomic E-state index is 12.5. The van der Waals surface area contributed by atoms with Crippen LogP contribution in [0, 0.1) is 16.7 Å². The van der Waals surface area contributed by atoms with Gasteiger partial charge < -0.3 is 4.74 Å². The Balaban J connectivity index is 2.25. The molecule has 124 valence electrons. The van der Waals surface area contributed by atoms with E-state index in [1.54, 1.807) is 39.0 Å². The molecule has 0 heterocycles. The number of nitriles is 1. The lowest BCUT2D eigenvalue weighted by atomic mass is 10.1. The lowest BCUT2D eigenvalue weighted by Crippen LogP contribution is -2.35. The van der Waals surface area contributed by atoms with Crippen molar-refractivity contribution in [2.75, 3.05) is 5.75 Å². The van der Waals surface area contributed by atoms with Crippen LogP contribution < -0.4 is 0 Å². The van der Waals surface area contributed by atoms with Crippen LogP contribution in [0.25, 0.3) is 0 Å². The molecule has 0 saturated heterocycles. The summed E-state index contributed by atoms with van der Waals surface area (Å²) in [4.78, 5) is 10.9. The van der Waals surface area contributed by atoms with E-state index in [1.807, 2.05) is 6.07 Å². The molecular weight excluding hydrogens is 338 g/mol. The maximum absolute atomic E-state index is 12.5. The van der Waals surface area contributed by atoms with Crippen molar-refractivity contribution in [1.82, 2.24) is 0 Å². The topological polar surface area (TPSA) is 84.2 Å². The molecule has 0 spiro atoms. The minimum absolute atomic E-state index is 0.0426. The van der Waals surface area contributed by atoms with E-state index in [0.717, 1.165) is 0 Å². The highest BCUT2D eigenvalue weighted by atomic mass is 35.5. The van der Waals surface area contributed by atoms with E-state index < -0.39 is 37.4 Å². The van der Waals surface area contributed by atoms with Gasteiger partial charge in [0.05, 0.1) is 21.6 Å². The maximum Gasteiger partial charge on any atom is 0.328 e. The smallest absolute Gasteiger partial charge is 0.328 e. The Labute approximate surface area is 141 Å². The van der Waals surface area contributed by atoms with E-state index in [2.05, 4.69) is 0 Å². The van der Waals surface area contributed by atoms with Crippen LogP contribution in [0.15, 0.2) is 35.2 Å². The van der Waals surface area contributed by atoms with Crippen molar-refractivity contribution in [3.8, 4) is 6.07 Å². The van der Waals surface area contributed by atoms with Crippen molar-refractivity contribution >= 4 is 27.4 Å². The zero-order chi connectivity index (χ0) is 17.5. The Hall–Kier alpha value is -1.58. The van der Waals surface area contributed by atoms with Crippen LogP contribution in [0.1, 0.15) is 27.2 Å². The molecule has 1 aliphatic carbocycles. The van der Waals surface area contributed by atoms with Crippen molar-refractivity contribution < 1.29 is 17.9 Å². The highest BCUT2D eigenvalue weighted by molar-refractivity contribution is 7.91. The van der Waals surface area contributed by atoms with Crippen LogP contribution in [0.4, 0.5) is 0 Å². The van der Waals surface area contributed by atoms with Gasteiger partial charge in [-0.15, -0.1) is 11.6 Å². The van der Waals surface area contributed by atoms with Crippen LogP contribution in [0.5, 0.6) is 0 Å². The quantitative estimate of drug-likeness (QED) is 0.612. The monoisotopic (exact) mass is 355 g/mol. The average molecular weight is 356 g/mol. The van der Waals surface area contributed by atoms with Crippen LogP contribution in [0.2, 0.25) is 0 Å². The molecule has 0 amide bonds. The number of nitrogens with zero attached hydrogens (tertiary/aromatic N) is 1. The van der Waals surface area contributed by atoms with Crippen molar-refractivity contribution in [3.05, 3.63) is 30.3 Å². The number of ether oxygens (including phenoxy) is 1. The molecule has 1 aromatic carbocycles. The lowest BCUT2D eigenvalue weighted by molar-refractivity contribution is -0.159. The van der Waals surface area contributed by atoms with E-state index in [-0.39, 0.29) is 11.3 Å². The summed E-state index contributed by atoms with van der Waals surface area (Å²) in [5.41, 5.74) is -2.40. The van der Waals surface area contributed by atoms with Gasteiger partial charge in [-0.3, -0.25) is 4.79 Å². The fourth-order valence-electron chi connectivity index (χ4n) is 2.37. The van der Waals surface area contributed by atoms with Gasteiger partial charge in [-0.1, -0.05) is 18.2 Å². The summed E-state index contributed by atoms with van der Waals surface area (Å²) in [5.74, 6) is -1.26. The molecule has 2 rings (SSSR count). The van der Waals surface area contributed by atoms with Gasteiger partial charge in [0, 0.05) is 6.42 Å². The second-order valence-corrected chi connectivity index (χ2v) is 9.45. The molecular formula is C16H18ClNO4S. The van der Waals surface area contributed by atoms with Gasteiger partial charge >= 0.3 is 5.97 Å². The Morgan fingerprint density at radius 2 is 1.91 bits per heavy atom. The first-order chi connectivity index (χ1) is 10.5. The van der Waals surface area contributed by atoms with Gasteiger partial charge in [-0.2, -0.15) is 5.26 Å². The van der Waals surface area contributed by atoms with E-state index in [4.69, 9.17) is 16.3 Å². The number of carbonyl (C=O) groups is 1. The van der Waals surface area contributed by atoms with Crippen LogP contribution >= 0.6 is 11.6 Å². The number of halogens is 1. The summed E-state index contributed by atoms with van der Waals surface area (Å²) < 4.78 is 30.1. The van der Waals surface area contributed by atoms with Crippen LogP contribution in [0.3, 0.4) is 0 Å². The molecule has 1 saturated carbocycles.